The molecule has 1 fully saturated rings. The summed E-state index contributed by atoms with van der Waals surface area (Å²) < 4.78 is 10.5. The largest absolute Gasteiger partial charge is 0.469 e. The van der Waals surface area contributed by atoms with Crippen molar-refractivity contribution in [1.82, 2.24) is 0 Å². The molecule has 3 nitrogen and oxygen atoms in total. The number of carbonyl (C=O) groups is 1. The van der Waals surface area contributed by atoms with Crippen LogP contribution in [0.3, 0.4) is 0 Å². The fourth-order valence-electron chi connectivity index (χ4n) is 2.62. The number of carbonyl (C=O) groups excluding carboxylic acids is 1. The fourth-order valence-corrected chi connectivity index (χ4v) is 2.80. The second-order valence-electron chi connectivity index (χ2n) is 6.01. The van der Waals surface area contributed by atoms with Crippen LogP contribution in [0.5, 0.6) is 0 Å². The standard InChI is InChI=1S/C21H29BrO3/c1-24-21(23)15-12-14-20-17-16-19(25-20)13-10-8-6-4-2-3-5-7-9-11-18-22/h6-9,11,18-20H,2-5,12,14-17H2,1H3. The van der Waals surface area contributed by atoms with E-state index < -0.39 is 0 Å². The maximum absolute atomic E-state index is 11.1. The highest BCUT2D eigenvalue weighted by molar-refractivity contribution is 9.11. The highest BCUT2D eigenvalue weighted by Gasteiger charge is 2.23. The first-order valence-electron chi connectivity index (χ1n) is 9.06. The smallest absolute Gasteiger partial charge is 0.305 e. The zero-order valence-corrected chi connectivity index (χ0v) is 16.7. The van der Waals surface area contributed by atoms with Crippen LogP contribution in [-0.2, 0) is 14.3 Å². The van der Waals surface area contributed by atoms with E-state index in [2.05, 4.69) is 50.7 Å². The minimum atomic E-state index is -0.147. The van der Waals surface area contributed by atoms with Crippen LogP contribution in [0.2, 0.25) is 0 Å². The van der Waals surface area contributed by atoms with Crippen molar-refractivity contribution in [3.8, 4) is 11.8 Å². The molecule has 1 aliphatic rings. The van der Waals surface area contributed by atoms with E-state index in [0.717, 1.165) is 38.5 Å². The molecular weight excluding hydrogens is 380 g/mol. The van der Waals surface area contributed by atoms with E-state index in [-0.39, 0.29) is 18.2 Å². The molecule has 1 heterocycles. The molecule has 0 N–H and O–H groups in total. The molecule has 1 saturated heterocycles. The Labute approximate surface area is 160 Å². The van der Waals surface area contributed by atoms with E-state index in [4.69, 9.17) is 4.74 Å². The van der Waals surface area contributed by atoms with Gasteiger partial charge in [-0.3, -0.25) is 4.79 Å². The summed E-state index contributed by atoms with van der Waals surface area (Å²) in [5.74, 6) is 6.12. The lowest BCUT2D eigenvalue weighted by Crippen LogP contribution is -2.10. The Morgan fingerprint density at radius 1 is 1.20 bits per heavy atom. The molecule has 0 aromatic rings. The number of esters is 1. The molecule has 0 aromatic heterocycles. The Morgan fingerprint density at radius 3 is 2.76 bits per heavy atom. The van der Waals surface area contributed by atoms with Crippen LogP contribution in [0, 0.1) is 11.8 Å². The molecule has 0 radical (unpaired) electrons. The minimum Gasteiger partial charge on any atom is -0.469 e. The average molecular weight is 409 g/mol. The van der Waals surface area contributed by atoms with Crippen molar-refractivity contribution in [3.63, 3.8) is 0 Å². The van der Waals surface area contributed by atoms with Crippen LogP contribution in [0.15, 0.2) is 35.4 Å². The number of hydrogen-bond donors (Lipinski definition) is 0. The topological polar surface area (TPSA) is 35.5 Å². The molecular formula is C21H29BrO3. The van der Waals surface area contributed by atoms with Crippen LogP contribution < -0.4 is 0 Å². The van der Waals surface area contributed by atoms with Gasteiger partial charge in [-0.25, -0.2) is 0 Å². The van der Waals surface area contributed by atoms with Gasteiger partial charge in [-0.15, -0.1) is 0 Å². The third-order valence-corrected chi connectivity index (χ3v) is 4.30. The summed E-state index contributed by atoms with van der Waals surface area (Å²) in [5.41, 5.74) is 0. The SMILES string of the molecule is COC(=O)CCCC1CCC(C#CC=CCCCCC=CC=CBr)O1. The number of hydrogen-bond acceptors (Lipinski definition) is 3. The molecule has 1 rings (SSSR count). The van der Waals surface area contributed by atoms with Gasteiger partial charge in [0.05, 0.1) is 13.2 Å². The van der Waals surface area contributed by atoms with E-state index in [9.17, 15) is 4.79 Å². The summed E-state index contributed by atoms with van der Waals surface area (Å²) in [4.78, 5) is 12.9. The van der Waals surface area contributed by atoms with Gasteiger partial charge in [-0.2, -0.15) is 0 Å². The number of halogens is 1. The normalized spacial score (nSPS) is 20.4. The van der Waals surface area contributed by atoms with E-state index in [1.165, 1.54) is 20.0 Å². The molecule has 0 aliphatic carbocycles. The van der Waals surface area contributed by atoms with Crippen LogP contribution >= 0.6 is 15.9 Å². The lowest BCUT2D eigenvalue weighted by Gasteiger charge is -2.09. The number of methoxy groups -OCH3 is 1. The zero-order chi connectivity index (χ0) is 18.2. The van der Waals surface area contributed by atoms with Crippen molar-refractivity contribution in [3.05, 3.63) is 35.4 Å². The number of ether oxygens (including phenoxy) is 2. The highest BCUT2D eigenvalue weighted by atomic mass is 79.9. The van der Waals surface area contributed by atoms with E-state index in [1.807, 2.05) is 17.1 Å². The summed E-state index contributed by atoms with van der Waals surface area (Å²) in [6.07, 6.45) is 19.3. The van der Waals surface area contributed by atoms with Crippen LogP contribution in [0.1, 0.15) is 57.8 Å². The Kier molecular flexibility index (Phi) is 13.0. The Hall–Kier alpha value is -1.31. The number of unbranched alkanes of at least 4 members (excludes halogenated alkanes) is 3. The fraction of sp³-hybridized carbons (Fsp3) is 0.571. The lowest BCUT2D eigenvalue weighted by atomic mass is 10.1. The van der Waals surface area contributed by atoms with Crippen molar-refractivity contribution in [2.75, 3.05) is 7.11 Å². The van der Waals surface area contributed by atoms with Gasteiger partial charge < -0.3 is 9.47 Å². The first-order valence-corrected chi connectivity index (χ1v) is 9.98. The third-order valence-electron chi connectivity index (χ3n) is 4.00. The Balaban J connectivity index is 2.06. The van der Waals surface area contributed by atoms with Crippen molar-refractivity contribution in [2.45, 2.75) is 70.0 Å². The van der Waals surface area contributed by atoms with Gasteiger partial charge >= 0.3 is 5.97 Å². The molecule has 0 aromatic carbocycles. The molecule has 25 heavy (non-hydrogen) atoms. The summed E-state index contributed by atoms with van der Waals surface area (Å²) >= 11 is 3.23. The monoisotopic (exact) mass is 408 g/mol. The lowest BCUT2D eigenvalue weighted by molar-refractivity contribution is -0.140. The van der Waals surface area contributed by atoms with Gasteiger partial charge in [0.2, 0.25) is 0 Å². The second kappa shape index (κ2) is 15.0. The summed E-state index contributed by atoms with van der Waals surface area (Å²) in [5, 5.41) is 0. The molecule has 4 heteroatoms. The molecule has 0 amide bonds. The molecule has 138 valence electrons. The first kappa shape index (κ1) is 21.7. The summed E-state index contributed by atoms with van der Waals surface area (Å²) in [6.45, 7) is 0. The third kappa shape index (κ3) is 11.8. The van der Waals surface area contributed by atoms with Gasteiger partial charge in [0.1, 0.15) is 6.10 Å². The molecule has 0 bridgehead atoms. The predicted molar refractivity (Wildman–Crippen MR) is 106 cm³/mol. The van der Waals surface area contributed by atoms with Crippen molar-refractivity contribution in [2.24, 2.45) is 0 Å². The molecule has 2 atom stereocenters. The van der Waals surface area contributed by atoms with Crippen LogP contribution in [0.25, 0.3) is 0 Å². The second-order valence-corrected chi connectivity index (χ2v) is 6.54. The van der Waals surface area contributed by atoms with Gasteiger partial charge in [0.15, 0.2) is 0 Å². The highest BCUT2D eigenvalue weighted by Crippen LogP contribution is 2.23. The van der Waals surface area contributed by atoms with Gasteiger partial charge in [-0.1, -0.05) is 52.1 Å². The Bertz CT molecular complexity index is 511. The maximum Gasteiger partial charge on any atom is 0.305 e. The van der Waals surface area contributed by atoms with E-state index in [0.29, 0.717) is 6.42 Å². The van der Waals surface area contributed by atoms with Gasteiger partial charge in [-0.05, 0) is 62.4 Å². The Morgan fingerprint density at radius 2 is 2.00 bits per heavy atom. The van der Waals surface area contributed by atoms with Crippen molar-refractivity contribution in [1.29, 1.82) is 0 Å². The molecule has 0 spiro atoms. The summed E-state index contributed by atoms with van der Waals surface area (Å²) in [6, 6.07) is 0. The maximum atomic E-state index is 11.1. The quantitative estimate of drug-likeness (QED) is 0.208. The average Bonchev–Trinajstić information content (AvgIpc) is 3.07. The molecule has 0 saturated carbocycles. The van der Waals surface area contributed by atoms with Crippen LogP contribution in [0.4, 0.5) is 0 Å². The van der Waals surface area contributed by atoms with E-state index in [1.54, 1.807) is 0 Å². The molecule has 1 aliphatic heterocycles. The predicted octanol–water partition coefficient (Wildman–Crippen LogP) is 5.46. The zero-order valence-electron chi connectivity index (χ0n) is 15.1. The van der Waals surface area contributed by atoms with Crippen molar-refractivity contribution < 1.29 is 14.3 Å². The number of allylic oxidation sites excluding steroid dienone is 5. The van der Waals surface area contributed by atoms with Crippen LogP contribution in [-0.4, -0.2) is 25.3 Å². The van der Waals surface area contributed by atoms with Gasteiger partial charge in [0.25, 0.3) is 0 Å². The molecule has 2 unspecified atom stereocenters. The first-order chi connectivity index (χ1) is 12.3. The van der Waals surface area contributed by atoms with Gasteiger partial charge in [0, 0.05) is 6.42 Å². The number of rotatable bonds is 10. The van der Waals surface area contributed by atoms with Crippen molar-refractivity contribution >= 4 is 21.9 Å². The van der Waals surface area contributed by atoms with E-state index >= 15 is 0 Å². The summed E-state index contributed by atoms with van der Waals surface area (Å²) in [7, 11) is 1.42. The minimum absolute atomic E-state index is 0.0420.